The Bertz CT molecular complexity index is 2240. The molecule has 1 aliphatic heterocycles. The molecule has 4 atom stereocenters. The molecular weight excluding hydrogens is 649 g/mol. The van der Waals surface area contributed by atoms with Crippen molar-refractivity contribution in [1.82, 2.24) is 0 Å². The van der Waals surface area contributed by atoms with Crippen LogP contribution in [0.4, 0.5) is 5.69 Å². The van der Waals surface area contributed by atoms with Crippen molar-refractivity contribution in [2.45, 2.75) is 10.8 Å². The first kappa shape index (κ1) is 29.8. The molecule has 2 aliphatic carbocycles. The van der Waals surface area contributed by atoms with Gasteiger partial charge in [0.05, 0.1) is 28.4 Å². The largest absolute Gasteiger partial charge is 0.297 e. The highest BCUT2D eigenvalue weighted by Gasteiger charge is 2.82. The van der Waals surface area contributed by atoms with Gasteiger partial charge in [0.25, 0.3) is 0 Å². The highest BCUT2D eigenvalue weighted by Crippen LogP contribution is 2.74. The van der Waals surface area contributed by atoms with Crippen LogP contribution in [0, 0.1) is 11.8 Å². The monoisotopic (exact) mass is 675 g/mol. The lowest BCUT2D eigenvalue weighted by Crippen LogP contribution is -2.45. The van der Waals surface area contributed by atoms with E-state index in [2.05, 4.69) is 0 Å². The average Bonchev–Trinajstić information content (AvgIpc) is 3.64. The number of nitrogens with zero attached hydrogens (tertiary/aromatic N) is 1. The molecule has 2 bridgehead atoms. The summed E-state index contributed by atoms with van der Waals surface area (Å²) in [5.74, 6) is -3.06. The van der Waals surface area contributed by atoms with Crippen molar-refractivity contribution in [2.24, 2.45) is 11.8 Å². The quantitative estimate of drug-likeness (QED) is 0.171. The van der Waals surface area contributed by atoms with Gasteiger partial charge in [0, 0.05) is 15.4 Å². The second kappa shape index (κ2) is 10.9. The second-order valence-corrected chi connectivity index (χ2v) is 13.8. The zero-order valence-corrected chi connectivity index (χ0v) is 27.5. The van der Waals surface area contributed by atoms with E-state index >= 15 is 14.4 Å². The first-order valence-corrected chi connectivity index (χ1v) is 16.9. The molecule has 1 saturated carbocycles. The lowest BCUT2D eigenvalue weighted by Gasteiger charge is -2.39. The van der Waals surface area contributed by atoms with Gasteiger partial charge in [-0.1, -0.05) is 145 Å². The minimum absolute atomic E-state index is 0.198. The Morgan fingerprint density at radius 1 is 0.469 bits per heavy atom. The van der Waals surface area contributed by atoms with Crippen molar-refractivity contribution in [3.05, 3.63) is 184 Å². The molecule has 0 unspecified atom stereocenters. The molecule has 1 heterocycles. The number of allylic oxidation sites excluding steroid dienone is 2. The number of carbonyl (C=O) groups is 3. The van der Waals surface area contributed by atoms with Crippen LogP contribution in [0.3, 0.4) is 0 Å². The van der Waals surface area contributed by atoms with Gasteiger partial charge in [-0.2, -0.15) is 0 Å². The normalized spacial score (nSPS) is 24.3. The van der Waals surface area contributed by atoms with Crippen LogP contribution in [0.25, 0.3) is 21.9 Å². The van der Waals surface area contributed by atoms with Gasteiger partial charge in [0.1, 0.15) is 0 Å². The number of fused-ring (bicyclic) bond motifs is 6. The van der Waals surface area contributed by atoms with Gasteiger partial charge in [-0.15, -0.1) is 0 Å². The summed E-state index contributed by atoms with van der Waals surface area (Å²) < 4.78 is 0. The van der Waals surface area contributed by atoms with Crippen LogP contribution < -0.4 is 4.90 Å². The number of rotatable bonds is 5. The number of Topliss-reactive ketones (excluding diaryl/α,β-unsaturated/α-hetero) is 1. The minimum atomic E-state index is -1.52. The molecule has 0 N–H and O–H groups in total. The number of carbonyl (C=O) groups excluding carboxylic acids is 3. The van der Waals surface area contributed by atoms with E-state index in [0.717, 1.165) is 33.0 Å². The standard InChI is InChI=1S/C43H27Cl2NO3/c44-31-22-18-29(19-23-31)42-35(27-11-3-1-4-12-27)36(28-13-5-2-6-14-28)43(41(42)49,30-20-24-32(45)25-21-30)38-37(42)39(47)46(40(38)48)34-17-9-15-26-10-7-8-16-33(26)34/h1-25,37-38H/t37-,38-,42-,43+/m1/s1. The highest BCUT2D eigenvalue weighted by atomic mass is 35.5. The van der Waals surface area contributed by atoms with Crippen LogP contribution in [-0.2, 0) is 25.2 Å². The molecule has 1 saturated heterocycles. The van der Waals surface area contributed by atoms with Crippen molar-refractivity contribution in [3.63, 3.8) is 0 Å². The fourth-order valence-corrected chi connectivity index (χ4v) is 9.25. The maximum Gasteiger partial charge on any atom is 0.239 e. The van der Waals surface area contributed by atoms with Crippen LogP contribution in [-0.4, -0.2) is 17.6 Å². The fraction of sp³-hybridized carbons (Fsp3) is 0.0930. The molecule has 9 rings (SSSR count). The Hall–Kier alpha value is -5.29. The number of hydrogen-bond donors (Lipinski definition) is 0. The number of amides is 2. The fourth-order valence-electron chi connectivity index (χ4n) is 9.00. The van der Waals surface area contributed by atoms with Crippen molar-refractivity contribution < 1.29 is 14.4 Å². The number of imide groups is 1. The highest BCUT2D eigenvalue weighted by molar-refractivity contribution is 6.40. The summed E-state index contributed by atoms with van der Waals surface area (Å²) in [4.78, 5) is 48.1. The molecule has 2 fully saturated rings. The SMILES string of the molecule is O=C1[C@H]2[C@H](C(=O)N1c1cccc3ccccc13)[C@]1(c3ccc(Cl)cc3)C(=O)[C@@]2(c2ccc(Cl)cc2)C(c2ccccc2)=C1c1ccccc1. The Morgan fingerprint density at radius 2 is 0.898 bits per heavy atom. The summed E-state index contributed by atoms with van der Waals surface area (Å²) >= 11 is 12.9. The first-order valence-electron chi connectivity index (χ1n) is 16.2. The summed E-state index contributed by atoms with van der Waals surface area (Å²) in [6, 6.07) is 47.3. The Morgan fingerprint density at radius 3 is 1.39 bits per heavy atom. The minimum Gasteiger partial charge on any atom is -0.297 e. The second-order valence-electron chi connectivity index (χ2n) is 12.9. The van der Waals surface area contributed by atoms with E-state index in [0.29, 0.717) is 26.9 Å². The molecule has 0 aromatic heterocycles. The van der Waals surface area contributed by atoms with Crippen LogP contribution in [0.2, 0.25) is 10.0 Å². The molecule has 2 amide bonds. The Labute approximate surface area is 293 Å². The predicted molar refractivity (Wildman–Crippen MR) is 194 cm³/mol. The van der Waals surface area contributed by atoms with Crippen LogP contribution in [0.1, 0.15) is 22.3 Å². The molecular formula is C43H27Cl2NO3. The van der Waals surface area contributed by atoms with Crippen molar-refractivity contribution in [2.75, 3.05) is 4.90 Å². The van der Waals surface area contributed by atoms with Gasteiger partial charge >= 0.3 is 0 Å². The molecule has 49 heavy (non-hydrogen) atoms. The summed E-state index contributed by atoms with van der Waals surface area (Å²) in [5, 5.41) is 2.70. The maximum atomic E-state index is 16.1. The van der Waals surface area contributed by atoms with Gasteiger partial charge in [0.15, 0.2) is 5.78 Å². The van der Waals surface area contributed by atoms with Gasteiger partial charge < -0.3 is 0 Å². The van der Waals surface area contributed by atoms with Gasteiger partial charge in [-0.05, 0) is 69.1 Å². The zero-order chi connectivity index (χ0) is 33.5. The third-order valence-electron chi connectivity index (χ3n) is 10.7. The molecule has 6 aromatic rings. The molecule has 6 heteroatoms. The van der Waals surface area contributed by atoms with Crippen LogP contribution in [0.15, 0.2) is 152 Å². The summed E-state index contributed by atoms with van der Waals surface area (Å²) in [6.45, 7) is 0. The van der Waals surface area contributed by atoms with E-state index in [9.17, 15) is 0 Å². The lowest BCUT2D eigenvalue weighted by atomic mass is 9.59. The Kier molecular flexibility index (Phi) is 6.61. The van der Waals surface area contributed by atoms with Crippen LogP contribution in [0.5, 0.6) is 0 Å². The van der Waals surface area contributed by atoms with E-state index in [1.54, 1.807) is 24.3 Å². The van der Waals surface area contributed by atoms with Crippen molar-refractivity contribution in [1.29, 1.82) is 0 Å². The molecule has 6 aromatic carbocycles. The summed E-state index contributed by atoms with van der Waals surface area (Å²) in [6.07, 6.45) is 0. The number of anilines is 1. The van der Waals surface area contributed by atoms with E-state index in [-0.39, 0.29) is 5.78 Å². The number of benzene rings is 6. The van der Waals surface area contributed by atoms with Gasteiger partial charge in [-0.25, -0.2) is 4.90 Å². The smallest absolute Gasteiger partial charge is 0.239 e. The van der Waals surface area contributed by atoms with Crippen molar-refractivity contribution >= 4 is 68.4 Å². The molecule has 0 spiro atoms. The average molecular weight is 677 g/mol. The third-order valence-corrected chi connectivity index (χ3v) is 11.2. The maximum absolute atomic E-state index is 16.1. The first-order chi connectivity index (χ1) is 23.9. The van der Waals surface area contributed by atoms with E-state index in [1.807, 2.05) is 127 Å². The number of ketones is 1. The van der Waals surface area contributed by atoms with E-state index in [4.69, 9.17) is 23.2 Å². The number of halogens is 2. The molecule has 236 valence electrons. The lowest BCUT2D eigenvalue weighted by molar-refractivity contribution is -0.130. The van der Waals surface area contributed by atoms with Crippen LogP contribution >= 0.6 is 23.2 Å². The van der Waals surface area contributed by atoms with E-state index in [1.165, 1.54) is 4.90 Å². The van der Waals surface area contributed by atoms with E-state index < -0.39 is 34.5 Å². The zero-order valence-electron chi connectivity index (χ0n) is 26.0. The molecule has 0 radical (unpaired) electrons. The third kappa shape index (κ3) is 3.84. The number of hydrogen-bond acceptors (Lipinski definition) is 3. The Balaban J connectivity index is 1.45. The summed E-state index contributed by atoms with van der Waals surface area (Å²) in [7, 11) is 0. The summed E-state index contributed by atoms with van der Waals surface area (Å²) in [5.41, 5.74) is 1.78. The predicted octanol–water partition coefficient (Wildman–Crippen LogP) is 9.34. The topological polar surface area (TPSA) is 54.5 Å². The van der Waals surface area contributed by atoms with Gasteiger partial charge in [-0.3, -0.25) is 14.4 Å². The molecule has 4 nitrogen and oxygen atoms in total. The van der Waals surface area contributed by atoms with Crippen molar-refractivity contribution in [3.8, 4) is 0 Å². The van der Waals surface area contributed by atoms with Gasteiger partial charge in [0.2, 0.25) is 11.8 Å². The molecule has 3 aliphatic rings.